The second-order valence-electron chi connectivity index (χ2n) is 5.25. The highest BCUT2D eigenvalue weighted by Crippen LogP contribution is 2.24. The molecule has 126 valence electrons. The van der Waals surface area contributed by atoms with Crippen molar-refractivity contribution in [1.29, 1.82) is 0 Å². The second-order valence-corrected chi connectivity index (χ2v) is 5.25. The number of nitrogens with one attached hydrogen (secondary N) is 1. The maximum absolute atomic E-state index is 11.8. The van der Waals surface area contributed by atoms with Gasteiger partial charge >= 0.3 is 5.97 Å². The van der Waals surface area contributed by atoms with Gasteiger partial charge in [0.15, 0.2) is 18.1 Å². The monoisotopic (exact) mass is 329 g/mol. The van der Waals surface area contributed by atoms with Crippen molar-refractivity contribution in [2.45, 2.75) is 19.3 Å². The van der Waals surface area contributed by atoms with E-state index in [0.29, 0.717) is 18.5 Å². The number of rotatable bonds is 8. The molecule has 0 saturated carbocycles. The Balaban J connectivity index is 1.79. The van der Waals surface area contributed by atoms with Gasteiger partial charge in [0, 0.05) is 12.1 Å². The molecule has 0 heterocycles. The van der Waals surface area contributed by atoms with Crippen molar-refractivity contribution in [2.24, 2.45) is 0 Å². The number of hydrogen-bond acceptors (Lipinski definition) is 4. The lowest BCUT2D eigenvalue weighted by Gasteiger charge is -2.09. The number of aliphatic carboxylic acids is 1. The summed E-state index contributed by atoms with van der Waals surface area (Å²) in [4.78, 5) is 22.3. The van der Waals surface area contributed by atoms with Gasteiger partial charge in [-0.15, -0.1) is 0 Å². The molecule has 2 aromatic rings. The molecule has 0 unspecified atom stereocenters. The number of carbonyl (C=O) groups excluding carboxylic acids is 1. The average Bonchev–Trinajstić information content (AvgIpc) is 2.55. The average molecular weight is 329 g/mol. The van der Waals surface area contributed by atoms with E-state index < -0.39 is 5.97 Å². The fourth-order valence-corrected chi connectivity index (χ4v) is 2.12. The van der Waals surface area contributed by atoms with Gasteiger partial charge in [-0.3, -0.25) is 9.59 Å². The van der Waals surface area contributed by atoms with Crippen LogP contribution in [-0.4, -0.2) is 28.7 Å². The van der Waals surface area contributed by atoms with E-state index in [4.69, 9.17) is 9.84 Å². The molecule has 2 rings (SSSR count). The van der Waals surface area contributed by atoms with Gasteiger partial charge in [-0.05, 0) is 42.7 Å². The molecule has 6 nitrogen and oxygen atoms in total. The fourth-order valence-electron chi connectivity index (χ4n) is 2.12. The lowest BCUT2D eigenvalue weighted by Crippen LogP contribution is -2.20. The van der Waals surface area contributed by atoms with Crippen LogP contribution in [0.15, 0.2) is 48.5 Å². The van der Waals surface area contributed by atoms with Crippen molar-refractivity contribution in [3.8, 4) is 11.5 Å². The molecule has 0 radical (unpaired) electrons. The van der Waals surface area contributed by atoms with E-state index in [0.717, 1.165) is 5.56 Å². The van der Waals surface area contributed by atoms with Gasteiger partial charge in [0.2, 0.25) is 0 Å². The predicted octanol–water partition coefficient (Wildman–Crippen LogP) is 2.82. The summed E-state index contributed by atoms with van der Waals surface area (Å²) in [6, 6.07) is 13.6. The number of phenolic OH excluding ortho intramolecular Hbond substituents is 1. The number of ether oxygens (including phenoxy) is 1. The van der Waals surface area contributed by atoms with Gasteiger partial charge in [-0.2, -0.15) is 0 Å². The van der Waals surface area contributed by atoms with E-state index in [9.17, 15) is 14.7 Å². The highest BCUT2D eigenvalue weighted by Gasteiger charge is 2.06. The van der Waals surface area contributed by atoms with Gasteiger partial charge in [-0.25, -0.2) is 0 Å². The minimum Gasteiger partial charge on any atom is -0.504 e. The number of hydrogen-bond donors (Lipinski definition) is 3. The van der Waals surface area contributed by atoms with E-state index >= 15 is 0 Å². The van der Waals surface area contributed by atoms with Crippen LogP contribution in [0, 0.1) is 0 Å². The molecular formula is C18H19NO5. The zero-order valence-corrected chi connectivity index (χ0v) is 13.1. The molecular weight excluding hydrogens is 310 g/mol. The van der Waals surface area contributed by atoms with Crippen molar-refractivity contribution in [3.63, 3.8) is 0 Å². The number of aromatic hydroxyl groups is 1. The third-order valence-electron chi connectivity index (χ3n) is 3.32. The summed E-state index contributed by atoms with van der Waals surface area (Å²) in [5.74, 6) is -0.905. The Bertz CT molecular complexity index is 697. The first kappa shape index (κ1) is 17.3. The Hall–Kier alpha value is -3.02. The quantitative estimate of drug-likeness (QED) is 0.692. The van der Waals surface area contributed by atoms with E-state index in [-0.39, 0.29) is 30.4 Å². The number of carboxylic acids is 1. The van der Waals surface area contributed by atoms with Crippen LogP contribution in [0.25, 0.3) is 0 Å². The van der Waals surface area contributed by atoms with Gasteiger partial charge in [-0.1, -0.05) is 24.3 Å². The van der Waals surface area contributed by atoms with Crippen LogP contribution in [0.5, 0.6) is 11.5 Å². The van der Waals surface area contributed by atoms with E-state index in [2.05, 4.69) is 5.32 Å². The first-order valence-corrected chi connectivity index (χ1v) is 7.56. The van der Waals surface area contributed by atoms with Crippen LogP contribution in [0.3, 0.4) is 0 Å². The van der Waals surface area contributed by atoms with Crippen LogP contribution in [0.2, 0.25) is 0 Å². The summed E-state index contributed by atoms with van der Waals surface area (Å²) in [6.07, 6.45) is 1.40. The van der Waals surface area contributed by atoms with Crippen molar-refractivity contribution in [2.75, 3.05) is 11.9 Å². The molecule has 3 N–H and O–H groups in total. The van der Waals surface area contributed by atoms with Crippen molar-refractivity contribution in [3.05, 3.63) is 54.1 Å². The maximum atomic E-state index is 11.8. The van der Waals surface area contributed by atoms with Crippen LogP contribution in [0.4, 0.5) is 5.69 Å². The fraction of sp³-hybridized carbons (Fsp3) is 0.222. The predicted molar refractivity (Wildman–Crippen MR) is 89.2 cm³/mol. The number of benzene rings is 2. The number of carboxylic acid groups (broad SMARTS) is 1. The first-order chi connectivity index (χ1) is 11.5. The topological polar surface area (TPSA) is 95.9 Å². The lowest BCUT2D eigenvalue weighted by molar-refractivity contribution is -0.137. The highest BCUT2D eigenvalue weighted by atomic mass is 16.5. The number of anilines is 1. The van der Waals surface area contributed by atoms with Crippen LogP contribution >= 0.6 is 0 Å². The number of aryl methyl sites for hydroxylation is 1. The molecule has 1 amide bonds. The molecule has 0 saturated heterocycles. The summed E-state index contributed by atoms with van der Waals surface area (Å²) in [7, 11) is 0. The Morgan fingerprint density at radius 3 is 2.42 bits per heavy atom. The third kappa shape index (κ3) is 5.64. The Morgan fingerprint density at radius 2 is 1.75 bits per heavy atom. The summed E-state index contributed by atoms with van der Waals surface area (Å²) < 4.78 is 5.25. The largest absolute Gasteiger partial charge is 0.504 e. The molecule has 24 heavy (non-hydrogen) atoms. The minimum atomic E-state index is -0.802. The molecule has 0 aliphatic carbocycles. The van der Waals surface area contributed by atoms with Crippen molar-refractivity contribution >= 4 is 17.6 Å². The maximum Gasteiger partial charge on any atom is 0.303 e. The highest BCUT2D eigenvalue weighted by molar-refractivity contribution is 5.91. The van der Waals surface area contributed by atoms with E-state index in [1.54, 1.807) is 30.3 Å². The first-order valence-electron chi connectivity index (χ1n) is 7.56. The Kier molecular flexibility index (Phi) is 6.19. The van der Waals surface area contributed by atoms with Crippen LogP contribution < -0.4 is 10.1 Å². The molecule has 0 bridgehead atoms. The smallest absolute Gasteiger partial charge is 0.303 e. The Labute approximate surface area is 139 Å². The molecule has 2 aromatic carbocycles. The molecule has 0 atom stereocenters. The minimum absolute atomic E-state index is 0.0176. The lowest BCUT2D eigenvalue weighted by atomic mass is 10.1. The van der Waals surface area contributed by atoms with Crippen LogP contribution in [0.1, 0.15) is 18.4 Å². The van der Waals surface area contributed by atoms with Crippen LogP contribution in [-0.2, 0) is 16.0 Å². The zero-order chi connectivity index (χ0) is 17.4. The molecule has 0 aliphatic rings. The molecule has 0 aromatic heterocycles. The number of amides is 1. The van der Waals surface area contributed by atoms with Gasteiger partial charge in [0.05, 0.1) is 0 Å². The summed E-state index contributed by atoms with van der Waals surface area (Å²) >= 11 is 0. The molecule has 0 fully saturated rings. The number of carbonyl (C=O) groups is 2. The van der Waals surface area contributed by atoms with Gasteiger partial charge in [0.25, 0.3) is 5.91 Å². The van der Waals surface area contributed by atoms with Crippen molar-refractivity contribution in [1.82, 2.24) is 0 Å². The van der Waals surface area contributed by atoms with Gasteiger partial charge in [0.1, 0.15) is 0 Å². The SMILES string of the molecule is O=C(O)CCCc1ccc(NC(=O)COc2ccccc2O)cc1. The third-order valence-corrected chi connectivity index (χ3v) is 3.32. The zero-order valence-electron chi connectivity index (χ0n) is 13.1. The Morgan fingerprint density at radius 1 is 1.04 bits per heavy atom. The normalized spacial score (nSPS) is 10.2. The van der Waals surface area contributed by atoms with E-state index in [1.165, 1.54) is 6.07 Å². The molecule has 0 aliphatic heterocycles. The van der Waals surface area contributed by atoms with Gasteiger partial charge < -0.3 is 20.3 Å². The summed E-state index contributed by atoms with van der Waals surface area (Å²) in [5, 5.41) is 20.9. The van der Waals surface area contributed by atoms with E-state index in [1.807, 2.05) is 12.1 Å². The second kappa shape index (κ2) is 8.57. The summed E-state index contributed by atoms with van der Waals surface area (Å²) in [5.41, 5.74) is 1.64. The summed E-state index contributed by atoms with van der Waals surface area (Å²) in [6.45, 7) is -0.210. The van der Waals surface area contributed by atoms with Crippen molar-refractivity contribution < 1.29 is 24.5 Å². The number of para-hydroxylation sites is 2. The molecule has 0 spiro atoms. The number of phenols is 1. The standard InChI is InChI=1S/C18H19NO5/c20-15-5-1-2-6-16(15)24-12-17(21)19-14-10-8-13(9-11-14)4-3-7-18(22)23/h1-2,5-6,8-11,20H,3-4,7,12H2,(H,19,21)(H,22,23). The molecule has 6 heteroatoms.